The van der Waals surface area contributed by atoms with Gasteiger partial charge in [0, 0.05) is 6.04 Å². The number of hydrogen-bond donors (Lipinski definition) is 2. The lowest BCUT2D eigenvalue weighted by atomic mass is 10.1. The Labute approximate surface area is 115 Å². The number of carbonyl (C=O) groups excluding carboxylic acids is 2. The van der Waals surface area contributed by atoms with Gasteiger partial charge < -0.3 is 15.8 Å². The van der Waals surface area contributed by atoms with E-state index in [4.69, 9.17) is 5.73 Å². The molecule has 2 atom stereocenters. The van der Waals surface area contributed by atoms with Gasteiger partial charge in [-0.15, -0.1) is 0 Å². The molecule has 1 aromatic rings. The molecular formula is C14H15FN2O3. The summed E-state index contributed by atoms with van der Waals surface area (Å²) >= 11 is 0. The summed E-state index contributed by atoms with van der Waals surface area (Å²) in [5.41, 5.74) is 5.79. The third-order valence-electron chi connectivity index (χ3n) is 3.10. The molecule has 0 fully saturated rings. The van der Waals surface area contributed by atoms with Crippen LogP contribution in [0.1, 0.15) is 16.8 Å². The van der Waals surface area contributed by atoms with Crippen LogP contribution in [-0.2, 0) is 9.53 Å². The lowest BCUT2D eigenvalue weighted by molar-refractivity contribution is -0.118. The molecule has 0 aliphatic heterocycles. The largest absolute Gasteiger partial charge is 0.465 e. The summed E-state index contributed by atoms with van der Waals surface area (Å²) in [5.74, 6) is -1.94. The Morgan fingerprint density at radius 1 is 1.40 bits per heavy atom. The summed E-state index contributed by atoms with van der Waals surface area (Å²) in [7, 11) is 1.23. The Morgan fingerprint density at radius 3 is 2.75 bits per heavy atom. The second-order valence-electron chi connectivity index (χ2n) is 4.57. The van der Waals surface area contributed by atoms with Crippen molar-refractivity contribution in [2.75, 3.05) is 12.4 Å². The van der Waals surface area contributed by atoms with E-state index in [9.17, 15) is 14.0 Å². The normalized spacial score (nSPS) is 20.8. The lowest BCUT2D eigenvalue weighted by Crippen LogP contribution is -2.24. The molecule has 106 valence electrons. The first-order valence-electron chi connectivity index (χ1n) is 6.14. The van der Waals surface area contributed by atoms with Crippen LogP contribution < -0.4 is 11.1 Å². The molecule has 1 aromatic carbocycles. The van der Waals surface area contributed by atoms with E-state index in [1.165, 1.54) is 19.2 Å². The summed E-state index contributed by atoms with van der Waals surface area (Å²) in [5, 5.41) is 2.46. The Bertz CT molecular complexity index is 572. The maximum Gasteiger partial charge on any atom is 0.337 e. The van der Waals surface area contributed by atoms with Crippen molar-refractivity contribution >= 4 is 17.6 Å². The number of nitrogens with two attached hydrogens (primary N) is 1. The number of nitrogens with one attached hydrogen (secondary N) is 1. The highest BCUT2D eigenvalue weighted by atomic mass is 19.1. The molecule has 0 aromatic heterocycles. The Balaban J connectivity index is 2.14. The number of rotatable bonds is 3. The Hall–Kier alpha value is -2.21. The average molecular weight is 278 g/mol. The minimum absolute atomic E-state index is 0.0493. The quantitative estimate of drug-likeness (QED) is 0.647. The van der Waals surface area contributed by atoms with E-state index in [1.807, 2.05) is 0 Å². The Kier molecular flexibility index (Phi) is 4.14. The molecule has 2 rings (SSSR count). The smallest absolute Gasteiger partial charge is 0.337 e. The molecular weight excluding hydrogens is 263 g/mol. The molecule has 1 amide bonds. The first kappa shape index (κ1) is 14.2. The van der Waals surface area contributed by atoms with Crippen LogP contribution in [0.2, 0.25) is 0 Å². The molecule has 0 radical (unpaired) electrons. The molecule has 0 heterocycles. The van der Waals surface area contributed by atoms with Crippen molar-refractivity contribution in [3.63, 3.8) is 0 Å². The van der Waals surface area contributed by atoms with Crippen molar-refractivity contribution in [3.8, 4) is 0 Å². The molecule has 2 unspecified atom stereocenters. The third-order valence-corrected chi connectivity index (χ3v) is 3.10. The second kappa shape index (κ2) is 5.83. The first-order valence-corrected chi connectivity index (χ1v) is 6.14. The van der Waals surface area contributed by atoms with Gasteiger partial charge in [-0.25, -0.2) is 9.18 Å². The predicted octanol–water partition coefficient (Wildman–Crippen LogP) is 1.45. The summed E-state index contributed by atoms with van der Waals surface area (Å²) in [4.78, 5) is 23.3. The van der Waals surface area contributed by atoms with Gasteiger partial charge in [0.2, 0.25) is 5.91 Å². The minimum Gasteiger partial charge on any atom is -0.465 e. The van der Waals surface area contributed by atoms with Gasteiger partial charge in [0.15, 0.2) is 0 Å². The van der Waals surface area contributed by atoms with E-state index in [0.717, 1.165) is 6.07 Å². The van der Waals surface area contributed by atoms with Crippen molar-refractivity contribution < 1.29 is 18.7 Å². The molecule has 0 saturated carbocycles. The predicted molar refractivity (Wildman–Crippen MR) is 71.6 cm³/mol. The average Bonchev–Trinajstić information content (AvgIpc) is 2.87. The fourth-order valence-corrected chi connectivity index (χ4v) is 2.01. The first-order chi connectivity index (χ1) is 9.51. The SMILES string of the molecule is COC(=O)c1ccc(F)c(NC(=O)C2C=CC(N)C2)c1. The van der Waals surface area contributed by atoms with Crippen LogP contribution in [-0.4, -0.2) is 25.0 Å². The molecule has 0 spiro atoms. The van der Waals surface area contributed by atoms with Crippen LogP contribution in [0.4, 0.5) is 10.1 Å². The number of hydrogen-bond acceptors (Lipinski definition) is 4. The summed E-state index contributed by atoms with van der Waals surface area (Å²) in [6, 6.07) is 3.50. The molecule has 0 bridgehead atoms. The summed E-state index contributed by atoms with van der Waals surface area (Å²) in [6.45, 7) is 0. The highest BCUT2D eigenvalue weighted by Gasteiger charge is 2.23. The number of halogens is 1. The third kappa shape index (κ3) is 3.03. The van der Waals surface area contributed by atoms with Gasteiger partial charge in [0.25, 0.3) is 0 Å². The number of methoxy groups -OCH3 is 1. The van der Waals surface area contributed by atoms with Crippen molar-refractivity contribution in [2.24, 2.45) is 11.7 Å². The Morgan fingerprint density at radius 2 is 2.15 bits per heavy atom. The zero-order valence-corrected chi connectivity index (χ0v) is 10.9. The maximum absolute atomic E-state index is 13.7. The number of benzene rings is 1. The van der Waals surface area contributed by atoms with Gasteiger partial charge >= 0.3 is 5.97 Å². The molecule has 6 heteroatoms. The van der Waals surface area contributed by atoms with Crippen molar-refractivity contribution in [1.82, 2.24) is 0 Å². The molecule has 3 N–H and O–H groups in total. The molecule has 1 aliphatic carbocycles. The number of ether oxygens (including phenoxy) is 1. The van der Waals surface area contributed by atoms with E-state index in [0.29, 0.717) is 6.42 Å². The highest BCUT2D eigenvalue weighted by molar-refractivity contribution is 5.96. The van der Waals surface area contributed by atoms with Crippen LogP contribution >= 0.6 is 0 Å². The zero-order chi connectivity index (χ0) is 14.7. The topological polar surface area (TPSA) is 81.4 Å². The maximum atomic E-state index is 13.7. The van der Waals surface area contributed by atoms with Crippen LogP contribution in [0.3, 0.4) is 0 Å². The number of esters is 1. The fraction of sp³-hybridized carbons (Fsp3) is 0.286. The zero-order valence-electron chi connectivity index (χ0n) is 10.9. The van der Waals surface area contributed by atoms with Gasteiger partial charge in [-0.1, -0.05) is 12.2 Å². The van der Waals surface area contributed by atoms with E-state index in [2.05, 4.69) is 10.1 Å². The summed E-state index contributed by atoms with van der Waals surface area (Å²) < 4.78 is 18.2. The van der Waals surface area contributed by atoms with E-state index < -0.39 is 11.8 Å². The van der Waals surface area contributed by atoms with E-state index in [1.54, 1.807) is 12.2 Å². The van der Waals surface area contributed by atoms with Gasteiger partial charge in [-0.2, -0.15) is 0 Å². The highest BCUT2D eigenvalue weighted by Crippen LogP contribution is 2.21. The van der Waals surface area contributed by atoms with Crippen LogP contribution in [0.15, 0.2) is 30.4 Å². The summed E-state index contributed by atoms with van der Waals surface area (Å²) in [6.07, 6.45) is 3.93. The molecule has 20 heavy (non-hydrogen) atoms. The minimum atomic E-state index is -0.614. The van der Waals surface area contributed by atoms with Crippen LogP contribution in [0.5, 0.6) is 0 Å². The number of anilines is 1. The fourth-order valence-electron chi connectivity index (χ4n) is 2.01. The van der Waals surface area contributed by atoms with E-state index >= 15 is 0 Å². The van der Waals surface area contributed by atoms with Gasteiger partial charge in [0.1, 0.15) is 5.82 Å². The van der Waals surface area contributed by atoms with Crippen molar-refractivity contribution in [2.45, 2.75) is 12.5 Å². The molecule has 1 aliphatic rings. The van der Waals surface area contributed by atoms with Crippen molar-refractivity contribution in [1.29, 1.82) is 0 Å². The second-order valence-corrected chi connectivity index (χ2v) is 4.57. The van der Waals surface area contributed by atoms with Crippen molar-refractivity contribution in [3.05, 3.63) is 41.7 Å². The van der Waals surface area contributed by atoms with Gasteiger partial charge in [0.05, 0.1) is 24.3 Å². The van der Waals surface area contributed by atoms with Crippen LogP contribution in [0.25, 0.3) is 0 Å². The van der Waals surface area contributed by atoms with Gasteiger partial charge in [-0.3, -0.25) is 4.79 Å². The monoisotopic (exact) mass is 278 g/mol. The molecule has 5 nitrogen and oxygen atoms in total. The molecule has 0 saturated heterocycles. The lowest BCUT2D eigenvalue weighted by Gasteiger charge is -2.12. The van der Waals surface area contributed by atoms with Gasteiger partial charge in [-0.05, 0) is 24.6 Å². The standard InChI is InChI=1S/C14H15FN2O3/c1-20-14(19)9-3-5-11(15)12(7-9)17-13(18)8-2-4-10(16)6-8/h2-5,7-8,10H,6,16H2,1H3,(H,17,18). The number of amides is 1. The number of carbonyl (C=O) groups is 2. The van der Waals surface area contributed by atoms with E-state index in [-0.39, 0.29) is 29.1 Å². The van der Waals surface area contributed by atoms with Crippen LogP contribution in [0, 0.1) is 11.7 Å².